The van der Waals surface area contributed by atoms with Crippen LogP contribution < -0.4 is 5.32 Å². The number of hydrogen-bond donors (Lipinski definition) is 1. The van der Waals surface area contributed by atoms with E-state index >= 15 is 0 Å². The average molecular weight is 255 g/mol. The van der Waals surface area contributed by atoms with Crippen molar-refractivity contribution in [3.63, 3.8) is 0 Å². The summed E-state index contributed by atoms with van der Waals surface area (Å²) < 4.78 is 1.87. The Hall–Kier alpha value is -2.35. The lowest BCUT2D eigenvalue weighted by atomic mass is 10.2. The molecule has 0 atom stereocenters. The largest absolute Gasteiger partial charge is 0.366 e. The van der Waals surface area contributed by atoms with Gasteiger partial charge in [0.05, 0.1) is 17.3 Å². The summed E-state index contributed by atoms with van der Waals surface area (Å²) in [5.41, 5.74) is 4.78. The van der Waals surface area contributed by atoms with Crippen LogP contribution >= 0.6 is 0 Å². The molecule has 98 valence electrons. The van der Waals surface area contributed by atoms with Gasteiger partial charge in [0.1, 0.15) is 5.82 Å². The first-order valence-corrected chi connectivity index (χ1v) is 6.13. The topological polar surface area (TPSA) is 66.5 Å². The van der Waals surface area contributed by atoms with Crippen LogP contribution in [0.5, 0.6) is 0 Å². The highest BCUT2D eigenvalue weighted by Gasteiger charge is 2.09. The van der Waals surface area contributed by atoms with Gasteiger partial charge in [0, 0.05) is 30.5 Å². The third-order valence-corrected chi connectivity index (χ3v) is 3.19. The first-order valence-electron chi connectivity index (χ1n) is 6.13. The van der Waals surface area contributed by atoms with Crippen molar-refractivity contribution in [1.82, 2.24) is 14.8 Å². The van der Waals surface area contributed by atoms with Crippen LogP contribution in [0, 0.1) is 32.1 Å². The van der Waals surface area contributed by atoms with Crippen LogP contribution in [0.15, 0.2) is 12.1 Å². The molecule has 2 heterocycles. The summed E-state index contributed by atoms with van der Waals surface area (Å²) >= 11 is 0. The maximum Gasteiger partial charge on any atom is 0.127 e. The van der Waals surface area contributed by atoms with Gasteiger partial charge in [0.2, 0.25) is 0 Å². The molecule has 0 amide bonds. The number of pyridine rings is 1. The van der Waals surface area contributed by atoms with E-state index in [9.17, 15) is 0 Å². The Morgan fingerprint density at radius 1 is 1.32 bits per heavy atom. The van der Waals surface area contributed by atoms with Gasteiger partial charge in [-0.25, -0.2) is 4.98 Å². The predicted octanol–water partition coefficient (Wildman–Crippen LogP) is 2.22. The van der Waals surface area contributed by atoms with Crippen LogP contribution in [0.25, 0.3) is 0 Å². The summed E-state index contributed by atoms with van der Waals surface area (Å²) in [7, 11) is 1.94. The van der Waals surface area contributed by atoms with Crippen molar-refractivity contribution in [3.05, 3.63) is 40.3 Å². The second kappa shape index (κ2) is 5.11. The van der Waals surface area contributed by atoms with E-state index in [1.54, 1.807) is 12.1 Å². The van der Waals surface area contributed by atoms with E-state index in [4.69, 9.17) is 5.26 Å². The van der Waals surface area contributed by atoms with Gasteiger partial charge in [-0.3, -0.25) is 4.68 Å². The molecule has 0 aromatic carbocycles. The van der Waals surface area contributed by atoms with Crippen LogP contribution in [0.3, 0.4) is 0 Å². The molecule has 0 aliphatic rings. The van der Waals surface area contributed by atoms with Gasteiger partial charge in [0.25, 0.3) is 0 Å². The molecule has 0 saturated heterocycles. The zero-order valence-corrected chi connectivity index (χ0v) is 11.7. The minimum atomic E-state index is 0.620. The minimum Gasteiger partial charge on any atom is -0.366 e. The van der Waals surface area contributed by atoms with Crippen molar-refractivity contribution in [2.24, 2.45) is 7.05 Å². The Bertz CT molecular complexity index is 649. The van der Waals surface area contributed by atoms with Gasteiger partial charge >= 0.3 is 0 Å². The maximum absolute atomic E-state index is 8.94. The van der Waals surface area contributed by atoms with Crippen molar-refractivity contribution in [1.29, 1.82) is 5.26 Å². The van der Waals surface area contributed by atoms with Crippen molar-refractivity contribution < 1.29 is 0 Å². The van der Waals surface area contributed by atoms with Crippen LogP contribution in [-0.2, 0) is 13.6 Å². The van der Waals surface area contributed by atoms with E-state index in [1.165, 1.54) is 5.56 Å². The van der Waals surface area contributed by atoms with E-state index in [-0.39, 0.29) is 0 Å². The maximum atomic E-state index is 8.94. The summed E-state index contributed by atoms with van der Waals surface area (Å²) in [6.07, 6.45) is 0. The van der Waals surface area contributed by atoms with Crippen molar-refractivity contribution >= 4 is 5.82 Å². The number of nitrogens with one attached hydrogen (secondary N) is 1. The monoisotopic (exact) mass is 255 g/mol. The molecule has 5 nitrogen and oxygen atoms in total. The molecule has 2 rings (SSSR count). The zero-order valence-electron chi connectivity index (χ0n) is 11.7. The third-order valence-electron chi connectivity index (χ3n) is 3.19. The fourth-order valence-electron chi connectivity index (χ4n) is 2.08. The lowest BCUT2D eigenvalue weighted by Crippen LogP contribution is -2.04. The zero-order chi connectivity index (χ0) is 14.0. The molecule has 0 saturated carbocycles. The van der Waals surface area contributed by atoms with Gasteiger partial charge in [-0.2, -0.15) is 10.4 Å². The number of aromatic nitrogens is 3. The predicted molar refractivity (Wildman–Crippen MR) is 73.7 cm³/mol. The van der Waals surface area contributed by atoms with Crippen LogP contribution in [0.2, 0.25) is 0 Å². The Labute approximate surface area is 112 Å². The molecule has 0 fully saturated rings. The first kappa shape index (κ1) is 13.1. The van der Waals surface area contributed by atoms with Crippen molar-refractivity contribution in [2.75, 3.05) is 5.32 Å². The average Bonchev–Trinajstić information content (AvgIpc) is 2.60. The Kier molecular flexibility index (Phi) is 3.52. The smallest absolute Gasteiger partial charge is 0.127 e. The van der Waals surface area contributed by atoms with E-state index in [0.29, 0.717) is 12.1 Å². The number of rotatable bonds is 3. The Morgan fingerprint density at radius 2 is 2.05 bits per heavy atom. The molecule has 0 unspecified atom stereocenters. The molecular formula is C14H17N5. The summed E-state index contributed by atoms with van der Waals surface area (Å²) in [5, 5.41) is 16.6. The molecule has 0 bridgehead atoms. The van der Waals surface area contributed by atoms with Gasteiger partial charge in [-0.1, -0.05) is 0 Å². The molecule has 2 aromatic rings. The first-order chi connectivity index (χ1) is 9.01. The highest BCUT2D eigenvalue weighted by atomic mass is 15.3. The van der Waals surface area contributed by atoms with Gasteiger partial charge in [0.15, 0.2) is 0 Å². The Morgan fingerprint density at radius 3 is 2.63 bits per heavy atom. The summed E-state index contributed by atoms with van der Waals surface area (Å²) in [6.45, 7) is 6.58. The van der Waals surface area contributed by atoms with E-state index in [0.717, 1.165) is 22.9 Å². The second-order valence-corrected chi connectivity index (χ2v) is 4.62. The summed E-state index contributed by atoms with van der Waals surface area (Å²) in [5.74, 6) is 0.721. The summed E-state index contributed by atoms with van der Waals surface area (Å²) in [4.78, 5) is 4.37. The van der Waals surface area contributed by atoms with E-state index in [2.05, 4.69) is 21.5 Å². The van der Waals surface area contributed by atoms with E-state index < -0.39 is 0 Å². The number of nitriles is 1. The molecule has 5 heteroatoms. The standard InChI is InChI=1S/C14H17N5/c1-9-5-12(7-15)6-14(17-9)16-8-13-10(2)18-19(4)11(13)3/h5-6H,8H2,1-4H3,(H,16,17). The highest BCUT2D eigenvalue weighted by molar-refractivity contribution is 5.45. The van der Waals surface area contributed by atoms with E-state index in [1.807, 2.05) is 32.5 Å². The highest BCUT2D eigenvalue weighted by Crippen LogP contribution is 2.15. The van der Waals surface area contributed by atoms with Gasteiger partial charge in [-0.15, -0.1) is 0 Å². The SMILES string of the molecule is Cc1cc(C#N)cc(NCc2c(C)nn(C)c2C)n1. The molecule has 2 aromatic heterocycles. The quantitative estimate of drug-likeness (QED) is 0.913. The minimum absolute atomic E-state index is 0.620. The van der Waals surface area contributed by atoms with Gasteiger partial charge < -0.3 is 5.32 Å². The molecule has 1 N–H and O–H groups in total. The van der Waals surface area contributed by atoms with Crippen molar-refractivity contribution in [2.45, 2.75) is 27.3 Å². The molecule has 0 radical (unpaired) electrons. The number of nitrogens with zero attached hydrogens (tertiary/aromatic N) is 4. The number of hydrogen-bond acceptors (Lipinski definition) is 4. The fourth-order valence-corrected chi connectivity index (χ4v) is 2.08. The van der Waals surface area contributed by atoms with Crippen LogP contribution in [-0.4, -0.2) is 14.8 Å². The molecule has 0 aliphatic carbocycles. The van der Waals surface area contributed by atoms with Crippen molar-refractivity contribution in [3.8, 4) is 6.07 Å². The van der Waals surface area contributed by atoms with Crippen LogP contribution in [0.1, 0.15) is 28.2 Å². The van der Waals surface area contributed by atoms with Crippen LogP contribution in [0.4, 0.5) is 5.82 Å². The molecule has 0 spiro atoms. The number of aryl methyl sites for hydroxylation is 3. The Balaban J connectivity index is 2.19. The normalized spacial score (nSPS) is 10.3. The molecule has 19 heavy (non-hydrogen) atoms. The fraction of sp³-hybridized carbons (Fsp3) is 0.357. The lowest BCUT2D eigenvalue weighted by molar-refractivity contribution is 0.730. The summed E-state index contributed by atoms with van der Waals surface area (Å²) in [6, 6.07) is 5.66. The number of anilines is 1. The second-order valence-electron chi connectivity index (χ2n) is 4.62. The lowest BCUT2D eigenvalue weighted by Gasteiger charge is -2.07. The molecule has 0 aliphatic heterocycles. The van der Waals surface area contributed by atoms with Gasteiger partial charge in [-0.05, 0) is 32.9 Å². The molecular weight excluding hydrogens is 238 g/mol. The third kappa shape index (κ3) is 2.74.